The van der Waals surface area contributed by atoms with Crippen molar-refractivity contribution in [2.75, 3.05) is 7.05 Å². The van der Waals surface area contributed by atoms with E-state index in [4.69, 9.17) is 11.6 Å². The van der Waals surface area contributed by atoms with E-state index in [1.165, 1.54) is 11.0 Å². The lowest BCUT2D eigenvalue weighted by Gasteiger charge is -2.00. The Morgan fingerprint density at radius 2 is 2.40 bits per heavy atom. The van der Waals surface area contributed by atoms with Gasteiger partial charge in [-0.1, -0.05) is 11.6 Å². The zero-order valence-electron chi connectivity index (χ0n) is 7.94. The van der Waals surface area contributed by atoms with Crippen LogP contribution in [0.25, 0.3) is 11.0 Å². The van der Waals surface area contributed by atoms with E-state index in [-0.39, 0.29) is 12.5 Å². The smallest absolute Gasteiger partial charge is 0.241 e. The van der Waals surface area contributed by atoms with Gasteiger partial charge in [0.1, 0.15) is 18.0 Å². The third kappa shape index (κ3) is 1.75. The van der Waals surface area contributed by atoms with Crippen molar-refractivity contribution in [2.45, 2.75) is 6.54 Å². The van der Waals surface area contributed by atoms with Crippen LogP contribution in [0.5, 0.6) is 0 Å². The van der Waals surface area contributed by atoms with Crippen LogP contribution in [0.3, 0.4) is 0 Å². The van der Waals surface area contributed by atoms with E-state index in [1.807, 2.05) is 0 Å². The fraction of sp³-hybridized carbons (Fsp3) is 0.250. The Labute approximate surface area is 90.3 Å². The molecule has 2 aromatic heterocycles. The minimum Gasteiger partial charge on any atom is -0.358 e. The first-order valence-corrected chi connectivity index (χ1v) is 4.62. The Hall–Kier alpha value is -1.69. The number of fused-ring (bicyclic) bond motifs is 1. The monoisotopic (exact) mass is 225 g/mol. The van der Waals surface area contributed by atoms with Gasteiger partial charge in [0.15, 0.2) is 5.65 Å². The van der Waals surface area contributed by atoms with Crippen LogP contribution < -0.4 is 5.32 Å². The molecule has 0 saturated heterocycles. The Morgan fingerprint density at radius 3 is 3.13 bits per heavy atom. The maximum absolute atomic E-state index is 11.2. The Bertz CT molecular complexity index is 509. The summed E-state index contributed by atoms with van der Waals surface area (Å²) in [6, 6.07) is 0. The number of aromatic nitrogens is 4. The molecule has 0 aliphatic rings. The van der Waals surface area contributed by atoms with Crippen LogP contribution >= 0.6 is 11.6 Å². The predicted octanol–water partition coefficient (Wildman–Crippen LogP) is 0.226. The Balaban J connectivity index is 2.45. The summed E-state index contributed by atoms with van der Waals surface area (Å²) in [5.74, 6) is -0.144. The maximum Gasteiger partial charge on any atom is 0.241 e. The fourth-order valence-corrected chi connectivity index (χ4v) is 1.37. The van der Waals surface area contributed by atoms with Gasteiger partial charge in [0.05, 0.1) is 11.6 Å². The predicted molar refractivity (Wildman–Crippen MR) is 54.4 cm³/mol. The molecule has 0 saturated carbocycles. The molecule has 15 heavy (non-hydrogen) atoms. The van der Waals surface area contributed by atoms with Gasteiger partial charge in [-0.15, -0.1) is 0 Å². The summed E-state index contributed by atoms with van der Waals surface area (Å²) < 4.78 is 1.47. The van der Waals surface area contributed by atoms with Gasteiger partial charge in [0.2, 0.25) is 5.91 Å². The van der Waals surface area contributed by atoms with E-state index >= 15 is 0 Å². The van der Waals surface area contributed by atoms with E-state index in [9.17, 15) is 4.79 Å². The lowest BCUT2D eigenvalue weighted by molar-refractivity contribution is -0.121. The number of halogens is 1. The summed E-state index contributed by atoms with van der Waals surface area (Å²) in [4.78, 5) is 19.0. The van der Waals surface area contributed by atoms with Crippen molar-refractivity contribution in [3.63, 3.8) is 0 Å². The molecule has 2 aromatic rings. The first-order chi connectivity index (χ1) is 7.22. The first-order valence-electron chi connectivity index (χ1n) is 4.25. The molecule has 0 radical (unpaired) electrons. The van der Waals surface area contributed by atoms with Crippen molar-refractivity contribution in [1.29, 1.82) is 0 Å². The minimum atomic E-state index is -0.144. The second-order valence-electron chi connectivity index (χ2n) is 2.88. The fourth-order valence-electron chi connectivity index (χ4n) is 1.20. The molecule has 2 heterocycles. The van der Waals surface area contributed by atoms with Crippen molar-refractivity contribution >= 4 is 28.5 Å². The summed E-state index contributed by atoms with van der Waals surface area (Å²) in [7, 11) is 1.57. The van der Waals surface area contributed by atoms with Gasteiger partial charge in [0.25, 0.3) is 0 Å². The van der Waals surface area contributed by atoms with Crippen LogP contribution in [0.4, 0.5) is 0 Å². The third-order valence-electron chi connectivity index (χ3n) is 1.96. The van der Waals surface area contributed by atoms with Crippen LogP contribution in [-0.4, -0.2) is 32.7 Å². The molecule has 0 aliphatic carbocycles. The number of nitrogens with zero attached hydrogens (tertiary/aromatic N) is 4. The summed E-state index contributed by atoms with van der Waals surface area (Å²) in [5, 5.41) is 7.50. The van der Waals surface area contributed by atoms with Gasteiger partial charge < -0.3 is 5.32 Å². The topological polar surface area (TPSA) is 72.7 Å². The quantitative estimate of drug-likeness (QED) is 0.743. The molecule has 0 aliphatic heterocycles. The summed E-state index contributed by atoms with van der Waals surface area (Å²) in [6.45, 7) is 0.118. The molecule has 0 fully saturated rings. The zero-order valence-corrected chi connectivity index (χ0v) is 8.69. The number of hydrogen-bond acceptors (Lipinski definition) is 4. The second kappa shape index (κ2) is 3.82. The maximum atomic E-state index is 11.2. The largest absolute Gasteiger partial charge is 0.358 e. The molecular weight excluding hydrogens is 218 g/mol. The van der Waals surface area contributed by atoms with Gasteiger partial charge in [0, 0.05) is 7.05 Å². The van der Waals surface area contributed by atoms with E-state index in [0.717, 1.165) is 0 Å². The van der Waals surface area contributed by atoms with E-state index in [0.29, 0.717) is 16.2 Å². The Morgan fingerprint density at radius 1 is 1.60 bits per heavy atom. The normalized spacial score (nSPS) is 10.5. The summed E-state index contributed by atoms with van der Waals surface area (Å²) in [5.41, 5.74) is 0.554. The van der Waals surface area contributed by atoms with E-state index in [2.05, 4.69) is 20.4 Å². The van der Waals surface area contributed by atoms with Crippen molar-refractivity contribution in [3.05, 3.63) is 17.7 Å². The highest BCUT2D eigenvalue weighted by molar-refractivity contribution is 6.33. The molecule has 1 amide bonds. The summed E-state index contributed by atoms with van der Waals surface area (Å²) in [6.07, 6.45) is 2.88. The molecule has 0 spiro atoms. The number of likely N-dealkylation sites (N-methyl/N-ethyl adjacent to an activating group) is 1. The summed E-state index contributed by atoms with van der Waals surface area (Å²) >= 11 is 5.84. The molecule has 0 unspecified atom stereocenters. The first kappa shape index (κ1) is 9.85. The van der Waals surface area contributed by atoms with E-state index < -0.39 is 0 Å². The van der Waals surface area contributed by atoms with Crippen LogP contribution in [0.2, 0.25) is 5.15 Å². The van der Waals surface area contributed by atoms with Gasteiger partial charge >= 0.3 is 0 Å². The second-order valence-corrected chi connectivity index (χ2v) is 3.24. The molecule has 7 heteroatoms. The van der Waals surface area contributed by atoms with Crippen LogP contribution in [-0.2, 0) is 11.3 Å². The van der Waals surface area contributed by atoms with Gasteiger partial charge in [-0.2, -0.15) is 5.10 Å². The van der Waals surface area contributed by atoms with Crippen molar-refractivity contribution < 1.29 is 4.79 Å². The number of nitrogens with one attached hydrogen (secondary N) is 1. The molecule has 2 rings (SSSR count). The highest BCUT2D eigenvalue weighted by Crippen LogP contribution is 2.17. The SMILES string of the molecule is CNC(=O)Cn1ncc2c(Cl)ncnc21. The molecule has 0 atom stereocenters. The van der Waals surface area contributed by atoms with Crippen molar-refractivity contribution in [1.82, 2.24) is 25.1 Å². The number of hydrogen-bond donors (Lipinski definition) is 1. The third-order valence-corrected chi connectivity index (χ3v) is 2.26. The minimum absolute atomic E-state index is 0.118. The van der Waals surface area contributed by atoms with Gasteiger partial charge in [-0.3, -0.25) is 4.79 Å². The zero-order chi connectivity index (χ0) is 10.8. The molecule has 0 aromatic carbocycles. The highest BCUT2D eigenvalue weighted by atomic mass is 35.5. The van der Waals surface area contributed by atoms with Crippen LogP contribution in [0.1, 0.15) is 0 Å². The average molecular weight is 226 g/mol. The number of rotatable bonds is 2. The standard InChI is InChI=1S/C8H8ClN5O/c1-10-6(15)3-14-8-5(2-13-14)7(9)11-4-12-8/h2,4H,3H2,1H3,(H,10,15). The van der Waals surface area contributed by atoms with Gasteiger partial charge in [-0.05, 0) is 0 Å². The number of carbonyl (C=O) groups is 1. The van der Waals surface area contributed by atoms with Gasteiger partial charge in [-0.25, -0.2) is 14.6 Å². The van der Waals surface area contributed by atoms with Crippen LogP contribution in [0.15, 0.2) is 12.5 Å². The van der Waals surface area contributed by atoms with Crippen molar-refractivity contribution in [2.24, 2.45) is 0 Å². The van der Waals surface area contributed by atoms with Crippen LogP contribution in [0, 0.1) is 0 Å². The lowest BCUT2D eigenvalue weighted by Crippen LogP contribution is -2.24. The number of amides is 1. The van der Waals surface area contributed by atoms with Crippen molar-refractivity contribution in [3.8, 4) is 0 Å². The molecule has 0 bridgehead atoms. The molecule has 6 nitrogen and oxygen atoms in total. The highest BCUT2D eigenvalue weighted by Gasteiger charge is 2.09. The number of carbonyl (C=O) groups excluding carboxylic acids is 1. The average Bonchev–Trinajstić information content (AvgIpc) is 2.63. The van der Waals surface area contributed by atoms with E-state index in [1.54, 1.807) is 13.2 Å². The molecular formula is C8H8ClN5O. The molecule has 78 valence electrons. The molecule has 1 N–H and O–H groups in total. The lowest BCUT2D eigenvalue weighted by atomic mass is 10.4. The Kier molecular flexibility index (Phi) is 2.51.